The van der Waals surface area contributed by atoms with Crippen LogP contribution < -0.4 is 0 Å². The normalized spacial score (nSPS) is 23.0. The second-order valence-corrected chi connectivity index (χ2v) is 9.37. The number of morpholine rings is 1. The van der Waals surface area contributed by atoms with Gasteiger partial charge in [-0.25, -0.2) is 9.37 Å². The number of halogens is 1. The third kappa shape index (κ3) is 5.02. The molecule has 1 aliphatic carbocycles. The maximum Gasteiger partial charge on any atom is 0.168 e. The standard InChI is InChI=1S/C27H28FN5O2/c28-22-2-4-26(31-17-22)33-10-7-21(18-33)24(34)15-20-1-3-25(30-16-20)27(19-29)8-5-23(6-9-27)32-11-13-35-14-12-32/h1-4,7,10,16-18,23H,5-6,8-9,11-15H2. The van der Waals surface area contributed by atoms with Crippen LogP contribution in [0.2, 0.25) is 0 Å². The lowest BCUT2D eigenvalue weighted by Gasteiger charge is -2.41. The van der Waals surface area contributed by atoms with Gasteiger partial charge in [0.25, 0.3) is 0 Å². The van der Waals surface area contributed by atoms with Crippen molar-refractivity contribution in [3.05, 3.63) is 77.8 Å². The number of ketones is 1. The van der Waals surface area contributed by atoms with Crippen LogP contribution in [0.25, 0.3) is 5.82 Å². The van der Waals surface area contributed by atoms with Crippen molar-refractivity contribution in [1.82, 2.24) is 19.4 Å². The number of hydrogen-bond acceptors (Lipinski definition) is 6. The molecule has 0 unspecified atom stereocenters. The van der Waals surface area contributed by atoms with Gasteiger partial charge in [-0.05, 0) is 55.5 Å². The van der Waals surface area contributed by atoms with Gasteiger partial charge in [-0.2, -0.15) is 5.26 Å². The Morgan fingerprint density at radius 1 is 1.11 bits per heavy atom. The summed E-state index contributed by atoms with van der Waals surface area (Å²) in [6.07, 6.45) is 10.1. The maximum absolute atomic E-state index is 13.1. The number of hydrogen-bond donors (Lipinski definition) is 0. The van der Waals surface area contributed by atoms with Crippen LogP contribution >= 0.6 is 0 Å². The Balaban J connectivity index is 1.22. The highest BCUT2D eigenvalue weighted by atomic mass is 19.1. The fourth-order valence-electron chi connectivity index (χ4n) is 5.15. The molecule has 35 heavy (non-hydrogen) atoms. The molecule has 0 amide bonds. The van der Waals surface area contributed by atoms with Crippen LogP contribution in [0.15, 0.2) is 55.1 Å². The summed E-state index contributed by atoms with van der Waals surface area (Å²) < 4.78 is 20.3. The molecule has 2 fully saturated rings. The van der Waals surface area contributed by atoms with Crippen molar-refractivity contribution in [3.8, 4) is 11.9 Å². The number of Topliss-reactive ketones (excluding diaryl/α,β-unsaturated/α-hetero) is 1. The highest BCUT2D eigenvalue weighted by Gasteiger charge is 2.40. The van der Waals surface area contributed by atoms with Crippen LogP contribution in [0.5, 0.6) is 0 Å². The molecule has 0 N–H and O–H groups in total. The summed E-state index contributed by atoms with van der Waals surface area (Å²) in [5.41, 5.74) is 1.59. The summed E-state index contributed by atoms with van der Waals surface area (Å²) in [6, 6.07) is 11.5. The minimum Gasteiger partial charge on any atom is -0.379 e. The molecule has 8 heteroatoms. The molecule has 0 bridgehead atoms. The summed E-state index contributed by atoms with van der Waals surface area (Å²) in [6.45, 7) is 3.51. The van der Waals surface area contributed by atoms with Gasteiger partial charge in [0.2, 0.25) is 0 Å². The lowest BCUT2D eigenvalue weighted by molar-refractivity contribution is 0.00493. The quantitative estimate of drug-likeness (QED) is 0.506. The van der Waals surface area contributed by atoms with Gasteiger partial charge in [-0.3, -0.25) is 14.7 Å². The monoisotopic (exact) mass is 473 g/mol. The van der Waals surface area contributed by atoms with E-state index in [1.165, 1.54) is 6.07 Å². The van der Waals surface area contributed by atoms with Gasteiger partial charge in [0.1, 0.15) is 11.6 Å². The second-order valence-electron chi connectivity index (χ2n) is 9.37. The lowest BCUT2D eigenvalue weighted by atomic mass is 9.71. The summed E-state index contributed by atoms with van der Waals surface area (Å²) in [5.74, 6) is 0.0968. The third-order valence-corrected chi connectivity index (χ3v) is 7.26. The molecule has 3 aromatic heterocycles. The minimum absolute atomic E-state index is 0.0403. The van der Waals surface area contributed by atoms with Gasteiger partial charge in [-0.15, -0.1) is 0 Å². The molecule has 0 atom stereocenters. The number of aromatic nitrogens is 3. The second kappa shape index (κ2) is 10.1. The van der Waals surface area contributed by atoms with Gasteiger partial charge >= 0.3 is 0 Å². The summed E-state index contributed by atoms with van der Waals surface area (Å²) >= 11 is 0. The summed E-state index contributed by atoms with van der Waals surface area (Å²) in [5, 5.41) is 10.1. The molecule has 7 nitrogen and oxygen atoms in total. The number of rotatable bonds is 6. The Bertz CT molecular complexity index is 1200. The Morgan fingerprint density at radius 3 is 2.57 bits per heavy atom. The Morgan fingerprint density at radius 2 is 1.91 bits per heavy atom. The largest absolute Gasteiger partial charge is 0.379 e. The fourth-order valence-corrected chi connectivity index (χ4v) is 5.15. The number of ether oxygens (including phenoxy) is 1. The molecule has 180 valence electrons. The molecule has 0 radical (unpaired) electrons. The van der Waals surface area contributed by atoms with Gasteiger partial charge in [0, 0.05) is 49.7 Å². The zero-order valence-electron chi connectivity index (χ0n) is 19.6. The van der Waals surface area contributed by atoms with Crippen LogP contribution in [0.4, 0.5) is 4.39 Å². The first kappa shape index (κ1) is 23.3. The van der Waals surface area contributed by atoms with Gasteiger partial charge in [0.05, 0.1) is 36.6 Å². The van der Waals surface area contributed by atoms with Crippen molar-refractivity contribution in [2.24, 2.45) is 0 Å². The molecular formula is C27H28FN5O2. The van der Waals surface area contributed by atoms with E-state index in [9.17, 15) is 14.4 Å². The van der Waals surface area contributed by atoms with Crippen molar-refractivity contribution < 1.29 is 13.9 Å². The van der Waals surface area contributed by atoms with E-state index < -0.39 is 11.2 Å². The van der Waals surface area contributed by atoms with E-state index in [1.807, 2.05) is 12.1 Å². The van der Waals surface area contributed by atoms with Crippen molar-refractivity contribution in [2.45, 2.75) is 43.6 Å². The zero-order chi connectivity index (χ0) is 24.3. The van der Waals surface area contributed by atoms with E-state index in [1.54, 1.807) is 35.3 Å². The Labute approximate surface area is 204 Å². The first-order valence-electron chi connectivity index (χ1n) is 12.1. The van der Waals surface area contributed by atoms with Crippen LogP contribution in [0, 0.1) is 17.1 Å². The van der Waals surface area contributed by atoms with Gasteiger partial charge in [-0.1, -0.05) is 6.07 Å². The van der Waals surface area contributed by atoms with Crippen molar-refractivity contribution in [3.63, 3.8) is 0 Å². The van der Waals surface area contributed by atoms with Gasteiger partial charge in [0.15, 0.2) is 5.78 Å². The maximum atomic E-state index is 13.1. The van der Waals surface area contributed by atoms with Crippen molar-refractivity contribution >= 4 is 5.78 Å². The van der Waals surface area contributed by atoms with Crippen molar-refractivity contribution in [2.75, 3.05) is 26.3 Å². The molecule has 1 aliphatic heterocycles. The number of carbonyl (C=O) groups excluding carboxylic acids is 1. The molecule has 4 heterocycles. The molecule has 1 saturated carbocycles. The van der Waals surface area contributed by atoms with Crippen LogP contribution in [0.3, 0.4) is 0 Å². The first-order valence-corrected chi connectivity index (χ1v) is 12.1. The molecule has 0 spiro atoms. The molecule has 5 rings (SSSR count). The SMILES string of the molecule is N#CC1(c2ccc(CC(=O)c3ccn(-c4ccc(F)cn4)c3)cn2)CCC(N2CCOCC2)CC1. The van der Waals surface area contributed by atoms with E-state index in [4.69, 9.17) is 4.74 Å². The molecule has 3 aromatic rings. The van der Waals surface area contributed by atoms with Gasteiger partial charge < -0.3 is 9.30 Å². The third-order valence-electron chi connectivity index (χ3n) is 7.26. The van der Waals surface area contributed by atoms with E-state index in [2.05, 4.69) is 20.9 Å². The average molecular weight is 474 g/mol. The average Bonchev–Trinajstić information content (AvgIpc) is 3.41. The summed E-state index contributed by atoms with van der Waals surface area (Å²) in [7, 11) is 0. The zero-order valence-corrected chi connectivity index (χ0v) is 19.6. The number of pyridine rings is 2. The van der Waals surface area contributed by atoms with E-state index in [0.717, 1.165) is 69.4 Å². The Kier molecular flexibility index (Phi) is 6.71. The van der Waals surface area contributed by atoms with E-state index in [-0.39, 0.29) is 12.2 Å². The van der Waals surface area contributed by atoms with Crippen LogP contribution in [-0.4, -0.2) is 57.6 Å². The molecule has 1 saturated heterocycles. The first-order chi connectivity index (χ1) is 17.1. The molecular weight excluding hydrogens is 445 g/mol. The number of carbonyl (C=O) groups is 1. The fraction of sp³-hybridized carbons (Fsp3) is 0.407. The highest BCUT2D eigenvalue weighted by Crippen LogP contribution is 2.39. The van der Waals surface area contributed by atoms with E-state index >= 15 is 0 Å². The highest BCUT2D eigenvalue weighted by molar-refractivity contribution is 5.97. The lowest BCUT2D eigenvalue weighted by Crippen LogP contribution is -2.47. The Hall–Kier alpha value is -3.41. The molecule has 2 aliphatic rings. The van der Waals surface area contributed by atoms with Crippen molar-refractivity contribution in [1.29, 1.82) is 5.26 Å². The predicted octanol–water partition coefficient (Wildman–Crippen LogP) is 3.87. The van der Waals surface area contributed by atoms with Crippen LogP contribution in [-0.2, 0) is 16.6 Å². The van der Waals surface area contributed by atoms with Crippen LogP contribution in [0.1, 0.15) is 47.3 Å². The predicted molar refractivity (Wildman–Crippen MR) is 128 cm³/mol. The number of nitrogens with zero attached hydrogens (tertiary/aromatic N) is 5. The minimum atomic E-state index is -0.565. The topological polar surface area (TPSA) is 84.0 Å². The number of nitriles is 1. The smallest absolute Gasteiger partial charge is 0.168 e. The van der Waals surface area contributed by atoms with E-state index in [0.29, 0.717) is 17.4 Å². The molecule has 0 aromatic carbocycles. The summed E-state index contributed by atoms with van der Waals surface area (Å²) in [4.78, 5) is 24.0.